The van der Waals surface area contributed by atoms with E-state index in [-0.39, 0.29) is 11.4 Å². The Morgan fingerprint density at radius 1 is 1.40 bits per heavy atom. The van der Waals surface area contributed by atoms with Crippen LogP contribution >= 0.6 is 0 Å². The Hall–Kier alpha value is -0.930. The first-order valence-corrected chi connectivity index (χ1v) is 7.63. The van der Waals surface area contributed by atoms with Gasteiger partial charge in [0.1, 0.15) is 5.82 Å². The van der Waals surface area contributed by atoms with E-state index in [1.807, 2.05) is 6.07 Å². The molecule has 112 valence electrons. The van der Waals surface area contributed by atoms with Gasteiger partial charge in [-0.1, -0.05) is 26.0 Å². The van der Waals surface area contributed by atoms with Gasteiger partial charge in [0.25, 0.3) is 0 Å². The number of nitrogens with zero attached hydrogens (tertiary/aromatic N) is 1. The van der Waals surface area contributed by atoms with Crippen molar-refractivity contribution < 1.29 is 4.39 Å². The van der Waals surface area contributed by atoms with E-state index in [1.165, 1.54) is 18.9 Å². The van der Waals surface area contributed by atoms with Crippen LogP contribution in [0.2, 0.25) is 0 Å². The molecule has 0 spiro atoms. The number of halogens is 1. The number of hydrogen-bond acceptors (Lipinski definition) is 2. The first kappa shape index (κ1) is 15.5. The molecule has 1 aromatic carbocycles. The maximum atomic E-state index is 13.3. The van der Waals surface area contributed by atoms with Crippen molar-refractivity contribution in [1.29, 1.82) is 0 Å². The Morgan fingerprint density at radius 3 is 2.75 bits per heavy atom. The molecular formula is C17H27FN2. The second-order valence-corrected chi connectivity index (χ2v) is 6.57. The summed E-state index contributed by atoms with van der Waals surface area (Å²) in [6.45, 7) is 6.06. The Kier molecular flexibility index (Phi) is 4.82. The third kappa shape index (κ3) is 3.04. The van der Waals surface area contributed by atoms with E-state index in [0.29, 0.717) is 12.5 Å². The lowest BCUT2D eigenvalue weighted by atomic mass is 9.69. The standard InChI is InChI=1S/C17H27FN2/c1-13-7-8-17(12-19,14(2)9-13)20(3)11-15-5-4-6-16(18)10-15/h4-6,10,13-14H,7-9,11-12,19H2,1-3H3. The summed E-state index contributed by atoms with van der Waals surface area (Å²) in [5.41, 5.74) is 7.22. The van der Waals surface area contributed by atoms with Crippen LogP contribution in [0.4, 0.5) is 4.39 Å². The van der Waals surface area contributed by atoms with Gasteiger partial charge in [-0.25, -0.2) is 4.39 Å². The highest BCUT2D eigenvalue weighted by Crippen LogP contribution is 2.40. The molecule has 0 heterocycles. The van der Waals surface area contributed by atoms with Gasteiger partial charge in [0, 0.05) is 18.6 Å². The molecule has 2 N–H and O–H groups in total. The molecule has 1 aromatic rings. The summed E-state index contributed by atoms with van der Waals surface area (Å²) in [7, 11) is 2.13. The lowest BCUT2D eigenvalue weighted by molar-refractivity contribution is 0.0128. The molecule has 0 aromatic heterocycles. The van der Waals surface area contributed by atoms with Crippen molar-refractivity contribution in [3.8, 4) is 0 Å². The minimum atomic E-state index is -0.164. The third-order valence-corrected chi connectivity index (χ3v) is 5.17. The molecule has 2 nitrogen and oxygen atoms in total. The van der Waals surface area contributed by atoms with Crippen molar-refractivity contribution in [1.82, 2.24) is 4.90 Å². The smallest absolute Gasteiger partial charge is 0.123 e. The SMILES string of the molecule is CC1CCC(CN)(N(C)Cc2cccc(F)c2)C(C)C1. The molecule has 2 rings (SSSR count). The van der Waals surface area contributed by atoms with Crippen molar-refractivity contribution in [2.75, 3.05) is 13.6 Å². The number of benzene rings is 1. The molecule has 1 aliphatic carbocycles. The molecule has 3 heteroatoms. The van der Waals surface area contributed by atoms with Gasteiger partial charge in [-0.15, -0.1) is 0 Å². The quantitative estimate of drug-likeness (QED) is 0.914. The number of hydrogen-bond donors (Lipinski definition) is 1. The molecule has 0 bridgehead atoms. The van der Waals surface area contributed by atoms with Crippen LogP contribution in [-0.2, 0) is 6.54 Å². The zero-order valence-electron chi connectivity index (χ0n) is 12.9. The third-order valence-electron chi connectivity index (χ3n) is 5.17. The Morgan fingerprint density at radius 2 is 2.15 bits per heavy atom. The van der Waals surface area contributed by atoms with E-state index in [1.54, 1.807) is 12.1 Å². The molecule has 1 saturated carbocycles. The summed E-state index contributed by atoms with van der Waals surface area (Å²) in [5, 5.41) is 0. The van der Waals surface area contributed by atoms with Crippen LogP contribution in [0.5, 0.6) is 0 Å². The van der Waals surface area contributed by atoms with Crippen LogP contribution in [0.3, 0.4) is 0 Å². The van der Waals surface area contributed by atoms with Crippen molar-refractivity contribution in [3.05, 3.63) is 35.6 Å². The highest BCUT2D eigenvalue weighted by molar-refractivity contribution is 5.17. The van der Waals surface area contributed by atoms with E-state index >= 15 is 0 Å². The van der Waals surface area contributed by atoms with Gasteiger partial charge in [0.15, 0.2) is 0 Å². The van der Waals surface area contributed by atoms with Crippen molar-refractivity contribution >= 4 is 0 Å². The Labute approximate surface area is 122 Å². The first-order chi connectivity index (χ1) is 9.48. The maximum Gasteiger partial charge on any atom is 0.123 e. The van der Waals surface area contributed by atoms with Gasteiger partial charge >= 0.3 is 0 Å². The zero-order valence-corrected chi connectivity index (χ0v) is 12.9. The van der Waals surface area contributed by atoms with E-state index in [9.17, 15) is 4.39 Å². The van der Waals surface area contributed by atoms with Gasteiger partial charge in [-0.3, -0.25) is 4.90 Å². The Bertz CT molecular complexity index is 448. The topological polar surface area (TPSA) is 29.3 Å². The molecule has 3 unspecified atom stereocenters. The number of rotatable bonds is 4. The van der Waals surface area contributed by atoms with Crippen LogP contribution in [0.15, 0.2) is 24.3 Å². The Balaban J connectivity index is 2.14. The molecule has 0 aliphatic heterocycles. The van der Waals surface area contributed by atoms with Crippen molar-refractivity contribution in [2.24, 2.45) is 17.6 Å². The van der Waals surface area contributed by atoms with Crippen LogP contribution in [0, 0.1) is 17.7 Å². The fraction of sp³-hybridized carbons (Fsp3) is 0.647. The maximum absolute atomic E-state index is 13.3. The molecule has 0 saturated heterocycles. The van der Waals surface area contributed by atoms with E-state index < -0.39 is 0 Å². The molecule has 1 aliphatic rings. The molecule has 0 radical (unpaired) electrons. The van der Waals surface area contributed by atoms with Crippen molar-refractivity contribution in [2.45, 2.75) is 45.2 Å². The predicted molar refractivity (Wildman–Crippen MR) is 81.8 cm³/mol. The minimum Gasteiger partial charge on any atom is -0.329 e. The van der Waals surface area contributed by atoms with E-state index in [4.69, 9.17) is 5.73 Å². The first-order valence-electron chi connectivity index (χ1n) is 7.63. The van der Waals surface area contributed by atoms with Gasteiger partial charge < -0.3 is 5.73 Å². The highest BCUT2D eigenvalue weighted by Gasteiger charge is 2.42. The lowest BCUT2D eigenvalue weighted by Gasteiger charge is -2.50. The van der Waals surface area contributed by atoms with Crippen molar-refractivity contribution in [3.63, 3.8) is 0 Å². The molecule has 3 atom stereocenters. The van der Waals surface area contributed by atoms with Gasteiger partial charge in [0.05, 0.1) is 0 Å². The summed E-state index contributed by atoms with van der Waals surface area (Å²) in [6.07, 6.45) is 3.59. The summed E-state index contributed by atoms with van der Waals surface area (Å²) in [4.78, 5) is 2.35. The van der Waals surface area contributed by atoms with Crippen LogP contribution < -0.4 is 5.73 Å². The summed E-state index contributed by atoms with van der Waals surface area (Å²) in [6, 6.07) is 6.88. The number of likely N-dealkylation sites (N-methyl/N-ethyl adjacent to an activating group) is 1. The highest BCUT2D eigenvalue weighted by atomic mass is 19.1. The average molecular weight is 278 g/mol. The number of nitrogens with two attached hydrogens (primary N) is 1. The van der Waals surface area contributed by atoms with Gasteiger partial charge in [-0.05, 0) is 55.8 Å². The summed E-state index contributed by atoms with van der Waals surface area (Å²) < 4.78 is 13.3. The fourth-order valence-electron chi connectivity index (χ4n) is 3.78. The molecular weight excluding hydrogens is 251 g/mol. The zero-order chi connectivity index (χ0) is 14.8. The second-order valence-electron chi connectivity index (χ2n) is 6.57. The van der Waals surface area contributed by atoms with Crippen LogP contribution in [0.25, 0.3) is 0 Å². The largest absolute Gasteiger partial charge is 0.329 e. The minimum absolute atomic E-state index is 0.0544. The van der Waals surface area contributed by atoms with E-state index in [0.717, 1.165) is 24.4 Å². The van der Waals surface area contributed by atoms with Gasteiger partial charge in [-0.2, -0.15) is 0 Å². The molecule has 20 heavy (non-hydrogen) atoms. The monoisotopic (exact) mass is 278 g/mol. The lowest BCUT2D eigenvalue weighted by Crippen LogP contribution is -2.58. The van der Waals surface area contributed by atoms with Crippen LogP contribution in [-0.4, -0.2) is 24.0 Å². The predicted octanol–water partition coefficient (Wildman–Crippen LogP) is 3.41. The van der Waals surface area contributed by atoms with E-state index in [2.05, 4.69) is 25.8 Å². The molecule has 0 amide bonds. The summed E-state index contributed by atoms with van der Waals surface area (Å²) in [5.74, 6) is 1.20. The normalized spacial score (nSPS) is 30.7. The second kappa shape index (κ2) is 6.23. The summed E-state index contributed by atoms with van der Waals surface area (Å²) >= 11 is 0. The van der Waals surface area contributed by atoms with Crippen LogP contribution in [0.1, 0.15) is 38.7 Å². The average Bonchev–Trinajstić information content (AvgIpc) is 2.39. The van der Waals surface area contributed by atoms with Gasteiger partial charge in [0.2, 0.25) is 0 Å². The molecule has 1 fully saturated rings. The fourth-order valence-corrected chi connectivity index (χ4v) is 3.78.